The van der Waals surface area contributed by atoms with Crippen LogP contribution in [-0.2, 0) is 4.79 Å². The number of rotatable bonds is 4. The Morgan fingerprint density at radius 2 is 1.97 bits per heavy atom. The lowest BCUT2D eigenvalue weighted by Gasteiger charge is -2.21. The van der Waals surface area contributed by atoms with Crippen LogP contribution in [0.5, 0.6) is 5.75 Å². The summed E-state index contributed by atoms with van der Waals surface area (Å²) in [4.78, 5) is 39.1. The van der Waals surface area contributed by atoms with Crippen molar-refractivity contribution in [3.8, 4) is 5.75 Å². The molecule has 2 aromatic carbocycles. The second kappa shape index (κ2) is 7.76. The molecule has 8 heteroatoms. The number of nitrogens with one attached hydrogen (secondary N) is 2. The molecule has 7 nitrogen and oxygen atoms in total. The number of benzene rings is 2. The molecule has 1 aliphatic rings. The minimum absolute atomic E-state index is 0.0311. The van der Waals surface area contributed by atoms with Crippen LogP contribution in [0.25, 0.3) is 0 Å². The fraction of sp³-hybridized carbons (Fsp3) is 0.0952. The first-order valence-corrected chi connectivity index (χ1v) is 9.69. The van der Waals surface area contributed by atoms with E-state index in [2.05, 4.69) is 10.6 Å². The first-order valence-electron chi connectivity index (χ1n) is 8.81. The molecular formula is C21H17N3O4S. The number of carbonyl (C=O) groups excluding carboxylic acids is 3. The molecule has 3 aromatic rings. The van der Waals surface area contributed by atoms with E-state index >= 15 is 0 Å². The van der Waals surface area contributed by atoms with Crippen molar-refractivity contribution in [2.24, 2.45) is 0 Å². The van der Waals surface area contributed by atoms with Crippen molar-refractivity contribution in [3.63, 3.8) is 0 Å². The molecule has 0 unspecified atom stereocenters. The summed E-state index contributed by atoms with van der Waals surface area (Å²) in [6.45, 7) is -0.0311. The van der Waals surface area contributed by atoms with Gasteiger partial charge in [0.25, 0.3) is 17.7 Å². The van der Waals surface area contributed by atoms with E-state index < -0.39 is 0 Å². The molecule has 1 aliphatic heterocycles. The zero-order valence-electron chi connectivity index (χ0n) is 15.5. The molecule has 2 N–H and O–H groups in total. The molecular weight excluding hydrogens is 390 g/mol. The van der Waals surface area contributed by atoms with Gasteiger partial charge in [-0.25, -0.2) is 0 Å². The molecule has 146 valence electrons. The van der Waals surface area contributed by atoms with E-state index in [0.717, 1.165) is 0 Å². The third-order valence-corrected chi connectivity index (χ3v) is 5.27. The molecule has 0 saturated heterocycles. The highest BCUT2D eigenvalue weighted by molar-refractivity contribution is 7.12. The molecule has 0 aliphatic carbocycles. The largest absolute Gasteiger partial charge is 0.482 e. The van der Waals surface area contributed by atoms with Crippen molar-refractivity contribution < 1.29 is 19.1 Å². The molecule has 0 saturated carbocycles. The Labute approximate surface area is 170 Å². The summed E-state index contributed by atoms with van der Waals surface area (Å²) in [5, 5.41) is 7.35. The molecule has 0 fully saturated rings. The minimum Gasteiger partial charge on any atom is -0.482 e. The van der Waals surface area contributed by atoms with E-state index in [1.165, 1.54) is 16.2 Å². The molecule has 0 atom stereocenters. The Morgan fingerprint density at radius 1 is 1.14 bits per heavy atom. The van der Waals surface area contributed by atoms with Crippen molar-refractivity contribution >= 4 is 46.1 Å². The smallest absolute Gasteiger partial charge is 0.268 e. The van der Waals surface area contributed by atoms with Crippen LogP contribution in [0.4, 0.5) is 17.1 Å². The predicted octanol–water partition coefficient (Wildman–Crippen LogP) is 3.61. The topological polar surface area (TPSA) is 87.7 Å². The van der Waals surface area contributed by atoms with E-state index in [1.54, 1.807) is 55.6 Å². The van der Waals surface area contributed by atoms with Crippen molar-refractivity contribution in [3.05, 3.63) is 70.4 Å². The summed E-state index contributed by atoms with van der Waals surface area (Å²) in [5.41, 5.74) is 1.86. The van der Waals surface area contributed by atoms with E-state index in [9.17, 15) is 14.4 Å². The Morgan fingerprint density at radius 3 is 2.76 bits per heavy atom. The first kappa shape index (κ1) is 18.7. The van der Waals surface area contributed by atoms with Crippen LogP contribution in [0.3, 0.4) is 0 Å². The van der Waals surface area contributed by atoms with Crippen LogP contribution in [0.15, 0.2) is 60.0 Å². The van der Waals surface area contributed by atoms with Gasteiger partial charge < -0.3 is 20.3 Å². The maximum atomic E-state index is 12.9. The third kappa shape index (κ3) is 3.83. The van der Waals surface area contributed by atoms with Gasteiger partial charge in [0.1, 0.15) is 5.75 Å². The number of hydrogen-bond acceptors (Lipinski definition) is 5. The van der Waals surface area contributed by atoms with Gasteiger partial charge in [-0.3, -0.25) is 14.4 Å². The second-order valence-electron chi connectivity index (χ2n) is 6.36. The van der Waals surface area contributed by atoms with Crippen LogP contribution in [0.1, 0.15) is 20.0 Å². The van der Waals surface area contributed by atoms with Gasteiger partial charge in [0.15, 0.2) is 6.61 Å². The SMILES string of the molecule is CN(C(=O)c1cccs1)c1ccccc1C(=O)Nc1ccc2c(c1)NC(=O)CO2. The average Bonchev–Trinajstić information content (AvgIpc) is 3.27. The highest BCUT2D eigenvalue weighted by Gasteiger charge is 2.21. The fourth-order valence-electron chi connectivity index (χ4n) is 2.99. The molecule has 29 heavy (non-hydrogen) atoms. The van der Waals surface area contributed by atoms with Crippen LogP contribution in [0, 0.1) is 0 Å². The van der Waals surface area contributed by atoms with Crippen molar-refractivity contribution in [2.45, 2.75) is 0 Å². The number of fused-ring (bicyclic) bond motifs is 1. The van der Waals surface area contributed by atoms with E-state index in [4.69, 9.17) is 4.74 Å². The summed E-state index contributed by atoms with van der Waals surface area (Å²) in [7, 11) is 1.64. The Hall–Kier alpha value is -3.65. The molecule has 2 heterocycles. The number of nitrogens with zero attached hydrogens (tertiary/aromatic N) is 1. The summed E-state index contributed by atoms with van der Waals surface area (Å²) in [5.74, 6) is -0.257. The van der Waals surface area contributed by atoms with Crippen molar-refractivity contribution in [1.29, 1.82) is 0 Å². The molecule has 4 rings (SSSR count). The van der Waals surface area contributed by atoms with Crippen molar-refractivity contribution in [2.75, 3.05) is 29.2 Å². The Bertz CT molecular complexity index is 1100. The van der Waals surface area contributed by atoms with Gasteiger partial charge in [0.05, 0.1) is 21.8 Å². The average molecular weight is 407 g/mol. The number of anilines is 3. The minimum atomic E-state index is -0.366. The highest BCUT2D eigenvalue weighted by Crippen LogP contribution is 2.31. The van der Waals surface area contributed by atoms with Crippen LogP contribution in [0.2, 0.25) is 0 Å². The number of carbonyl (C=O) groups is 3. The number of para-hydroxylation sites is 1. The lowest BCUT2D eigenvalue weighted by Crippen LogP contribution is -2.28. The van der Waals surface area contributed by atoms with Gasteiger partial charge in [-0.1, -0.05) is 18.2 Å². The Kier molecular flexibility index (Phi) is 5.01. The highest BCUT2D eigenvalue weighted by atomic mass is 32.1. The summed E-state index contributed by atoms with van der Waals surface area (Å²) >= 11 is 1.35. The summed E-state index contributed by atoms with van der Waals surface area (Å²) in [6.07, 6.45) is 0. The second-order valence-corrected chi connectivity index (χ2v) is 7.31. The summed E-state index contributed by atoms with van der Waals surface area (Å²) in [6, 6.07) is 15.5. The summed E-state index contributed by atoms with van der Waals surface area (Å²) < 4.78 is 5.32. The number of ether oxygens (including phenoxy) is 1. The quantitative estimate of drug-likeness (QED) is 0.692. The normalized spacial score (nSPS) is 12.4. The third-order valence-electron chi connectivity index (χ3n) is 4.42. The standard InChI is InChI=1S/C21H17N3O4S/c1-24(21(27)18-7-4-10-29-18)16-6-3-2-5-14(16)20(26)22-13-8-9-17-15(11-13)23-19(25)12-28-17/h2-11H,12H2,1H3,(H,22,26)(H,23,25). The zero-order valence-corrected chi connectivity index (χ0v) is 16.3. The molecule has 1 aromatic heterocycles. The van der Waals surface area contributed by atoms with E-state index in [1.807, 2.05) is 11.4 Å². The van der Waals surface area contributed by atoms with Gasteiger partial charge in [-0.2, -0.15) is 0 Å². The van der Waals surface area contributed by atoms with Crippen molar-refractivity contribution in [1.82, 2.24) is 0 Å². The number of thiophene rings is 1. The molecule has 0 spiro atoms. The van der Waals surface area contributed by atoms with Crippen LogP contribution in [-0.4, -0.2) is 31.4 Å². The van der Waals surface area contributed by atoms with Gasteiger partial charge in [0, 0.05) is 12.7 Å². The maximum absolute atomic E-state index is 12.9. The van der Waals surface area contributed by atoms with E-state index in [-0.39, 0.29) is 24.3 Å². The number of amides is 3. The van der Waals surface area contributed by atoms with Gasteiger partial charge in [0.2, 0.25) is 0 Å². The fourth-order valence-corrected chi connectivity index (χ4v) is 3.69. The van der Waals surface area contributed by atoms with Gasteiger partial charge in [-0.15, -0.1) is 11.3 Å². The van der Waals surface area contributed by atoms with E-state index in [0.29, 0.717) is 33.3 Å². The lowest BCUT2D eigenvalue weighted by molar-refractivity contribution is -0.118. The predicted molar refractivity (Wildman–Crippen MR) is 112 cm³/mol. The monoisotopic (exact) mass is 407 g/mol. The first-order chi connectivity index (χ1) is 14.0. The number of hydrogen-bond donors (Lipinski definition) is 2. The molecule has 0 radical (unpaired) electrons. The molecule has 3 amide bonds. The zero-order chi connectivity index (χ0) is 20.4. The molecule has 0 bridgehead atoms. The maximum Gasteiger partial charge on any atom is 0.268 e. The van der Waals surface area contributed by atoms with Gasteiger partial charge in [-0.05, 0) is 41.8 Å². The van der Waals surface area contributed by atoms with Gasteiger partial charge >= 0.3 is 0 Å². The lowest BCUT2D eigenvalue weighted by atomic mass is 10.1. The Balaban J connectivity index is 1.58. The van der Waals surface area contributed by atoms with Crippen LogP contribution < -0.4 is 20.3 Å². The van der Waals surface area contributed by atoms with Crippen LogP contribution >= 0.6 is 11.3 Å².